The summed E-state index contributed by atoms with van der Waals surface area (Å²) >= 11 is 0. The summed E-state index contributed by atoms with van der Waals surface area (Å²) in [7, 11) is 0. The number of benzene rings is 1. The first-order chi connectivity index (χ1) is 10.0. The van der Waals surface area contributed by atoms with Crippen LogP contribution in [0.5, 0.6) is 0 Å². The van der Waals surface area contributed by atoms with Crippen molar-refractivity contribution in [1.82, 2.24) is 4.98 Å². The quantitative estimate of drug-likeness (QED) is 0.480. The maximum atomic E-state index is 12.6. The van der Waals surface area contributed by atoms with Gasteiger partial charge in [-0.3, -0.25) is 14.6 Å². The summed E-state index contributed by atoms with van der Waals surface area (Å²) in [6.07, 6.45) is 1.71. The van der Waals surface area contributed by atoms with Gasteiger partial charge in [0.25, 0.3) is 0 Å². The van der Waals surface area contributed by atoms with Crippen molar-refractivity contribution in [3.8, 4) is 0 Å². The van der Waals surface area contributed by atoms with Crippen molar-refractivity contribution in [2.24, 2.45) is 11.8 Å². The van der Waals surface area contributed by atoms with Gasteiger partial charge in [-0.2, -0.15) is 0 Å². The summed E-state index contributed by atoms with van der Waals surface area (Å²) in [6, 6.07) is 9.01. The van der Waals surface area contributed by atoms with Gasteiger partial charge in [0.05, 0.1) is 12.1 Å². The average molecular weight is 285 g/mol. The molecule has 21 heavy (non-hydrogen) atoms. The summed E-state index contributed by atoms with van der Waals surface area (Å²) < 4.78 is 5.02. The predicted octanol–water partition coefficient (Wildman–Crippen LogP) is 3.25. The van der Waals surface area contributed by atoms with E-state index in [9.17, 15) is 9.59 Å². The van der Waals surface area contributed by atoms with E-state index >= 15 is 0 Å². The standard InChI is InChI=1S/C17H19NO3/c1-4-21-17(20)15(11(2)3)16(19)13-7-8-14-12(10-13)6-5-9-18-14/h5-11,15H,4H2,1-3H3. The molecule has 1 unspecified atom stereocenters. The average Bonchev–Trinajstić information content (AvgIpc) is 2.46. The van der Waals surface area contributed by atoms with Crippen LogP contribution < -0.4 is 0 Å². The van der Waals surface area contributed by atoms with E-state index in [0.29, 0.717) is 5.56 Å². The molecule has 0 saturated carbocycles. The Kier molecular flexibility index (Phi) is 4.68. The van der Waals surface area contributed by atoms with Crippen molar-refractivity contribution in [2.75, 3.05) is 6.61 Å². The number of ether oxygens (including phenoxy) is 1. The van der Waals surface area contributed by atoms with E-state index in [1.54, 1.807) is 31.3 Å². The van der Waals surface area contributed by atoms with Gasteiger partial charge in [0.2, 0.25) is 0 Å². The molecule has 0 aliphatic carbocycles. The summed E-state index contributed by atoms with van der Waals surface area (Å²) in [6.45, 7) is 5.71. The molecule has 2 rings (SSSR count). The van der Waals surface area contributed by atoms with Gasteiger partial charge < -0.3 is 4.74 Å². The first kappa shape index (κ1) is 15.2. The molecule has 4 heteroatoms. The molecule has 0 amide bonds. The fourth-order valence-corrected chi connectivity index (χ4v) is 2.32. The zero-order valence-electron chi connectivity index (χ0n) is 12.5. The van der Waals surface area contributed by atoms with Crippen molar-refractivity contribution >= 4 is 22.7 Å². The summed E-state index contributed by atoms with van der Waals surface area (Å²) in [5, 5.41) is 0.884. The third kappa shape index (κ3) is 3.27. The van der Waals surface area contributed by atoms with Gasteiger partial charge in [0, 0.05) is 17.1 Å². The van der Waals surface area contributed by atoms with Crippen LogP contribution >= 0.6 is 0 Å². The van der Waals surface area contributed by atoms with E-state index < -0.39 is 11.9 Å². The first-order valence-corrected chi connectivity index (χ1v) is 7.10. The van der Waals surface area contributed by atoms with E-state index in [1.165, 1.54) is 0 Å². The van der Waals surface area contributed by atoms with E-state index in [0.717, 1.165) is 10.9 Å². The SMILES string of the molecule is CCOC(=O)C(C(=O)c1ccc2ncccc2c1)C(C)C. The minimum atomic E-state index is -0.765. The molecule has 110 valence electrons. The lowest BCUT2D eigenvalue weighted by Gasteiger charge is -2.18. The molecule has 0 fully saturated rings. The Morgan fingerprint density at radius 2 is 2.00 bits per heavy atom. The minimum Gasteiger partial charge on any atom is -0.465 e. The van der Waals surface area contributed by atoms with E-state index in [4.69, 9.17) is 4.74 Å². The van der Waals surface area contributed by atoms with Crippen molar-refractivity contribution < 1.29 is 14.3 Å². The van der Waals surface area contributed by atoms with Gasteiger partial charge in [-0.15, -0.1) is 0 Å². The Balaban J connectivity index is 2.36. The van der Waals surface area contributed by atoms with E-state index in [-0.39, 0.29) is 18.3 Å². The van der Waals surface area contributed by atoms with Crippen molar-refractivity contribution in [3.05, 3.63) is 42.1 Å². The zero-order chi connectivity index (χ0) is 15.4. The second-order valence-corrected chi connectivity index (χ2v) is 5.25. The predicted molar refractivity (Wildman–Crippen MR) is 81.0 cm³/mol. The number of carbonyl (C=O) groups excluding carboxylic acids is 2. The van der Waals surface area contributed by atoms with Crippen LogP contribution in [0.2, 0.25) is 0 Å². The summed E-state index contributed by atoms with van der Waals surface area (Å²) in [5.74, 6) is -1.53. The number of pyridine rings is 1. The highest BCUT2D eigenvalue weighted by Crippen LogP contribution is 2.22. The van der Waals surface area contributed by atoms with Crippen LogP contribution in [0.1, 0.15) is 31.1 Å². The lowest BCUT2D eigenvalue weighted by atomic mass is 9.87. The maximum Gasteiger partial charge on any atom is 0.317 e. The third-order valence-electron chi connectivity index (χ3n) is 3.38. The topological polar surface area (TPSA) is 56.3 Å². The van der Waals surface area contributed by atoms with Crippen molar-refractivity contribution in [3.63, 3.8) is 0 Å². The molecule has 0 radical (unpaired) electrons. The number of rotatable bonds is 5. The van der Waals surface area contributed by atoms with Gasteiger partial charge >= 0.3 is 5.97 Å². The summed E-state index contributed by atoms with van der Waals surface area (Å²) in [5.41, 5.74) is 1.34. The molecule has 0 bridgehead atoms. The highest BCUT2D eigenvalue weighted by molar-refractivity contribution is 6.10. The van der Waals surface area contributed by atoms with Gasteiger partial charge in [-0.05, 0) is 37.1 Å². The maximum absolute atomic E-state index is 12.6. The lowest BCUT2D eigenvalue weighted by Crippen LogP contribution is -2.30. The van der Waals surface area contributed by atoms with Crippen LogP contribution in [-0.4, -0.2) is 23.3 Å². The summed E-state index contributed by atoms with van der Waals surface area (Å²) in [4.78, 5) is 28.9. The molecule has 1 aromatic heterocycles. The van der Waals surface area contributed by atoms with Crippen molar-refractivity contribution in [2.45, 2.75) is 20.8 Å². The van der Waals surface area contributed by atoms with Crippen LogP contribution in [0, 0.1) is 11.8 Å². The monoisotopic (exact) mass is 285 g/mol. The first-order valence-electron chi connectivity index (χ1n) is 7.10. The number of nitrogens with zero attached hydrogens (tertiary/aromatic N) is 1. The van der Waals surface area contributed by atoms with Gasteiger partial charge in [-0.1, -0.05) is 19.9 Å². The third-order valence-corrected chi connectivity index (χ3v) is 3.38. The van der Waals surface area contributed by atoms with Crippen LogP contribution in [0.4, 0.5) is 0 Å². The highest BCUT2D eigenvalue weighted by Gasteiger charge is 2.31. The number of esters is 1. The Labute approximate surface area is 124 Å². The number of hydrogen-bond acceptors (Lipinski definition) is 4. The molecular formula is C17H19NO3. The molecule has 1 atom stereocenters. The fraction of sp³-hybridized carbons (Fsp3) is 0.353. The number of aromatic nitrogens is 1. The molecule has 0 aliphatic heterocycles. The van der Waals surface area contributed by atoms with Crippen LogP contribution in [0.25, 0.3) is 10.9 Å². The van der Waals surface area contributed by atoms with Gasteiger partial charge in [-0.25, -0.2) is 0 Å². The van der Waals surface area contributed by atoms with Crippen LogP contribution in [0.3, 0.4) is 0 Å². The van der Waals surface area contributed by atoms with Crippen LogP contribution in [0.15, 0.2) is 36.5 Å². The zero-order valence-corrected chi connectivity index (χ0v) is 12.5. The number of hydrogen-bond donors (Lipinski definition) is 0. The van der Waals surface area contributed by atoms with Gasteiger partial charge in [0.15, 0.2) is 5.78 Å². The minimum absolute atomic E-state index is 0.110. The molecule has 0 spiro atoms. The second kappa shape index (κ2) is 6.48. The smallest absolute Gasteiger partial charge is 0.317 e. The van der Waals surface area contributed by atoms with E-state index in [2.05, 4.69) is 4.98 Å². The Morgan fingerprint density at radius 3 is 2.67 bits per heavy atom. The van der Waals surface area contributed by atoms with E-state index in [1.807, 2.05) is 26.0 Å². The largest absolute Gasteiger partial charge is 0.465 e. The number of ketones is 1. The Morgan fingerprint density at radius 1 is 1.24 bits per heavy atom. The molecular weight excluding hydrogens is 266 g/mol. The molecule has 0 saturated heterocycles. The van der Waals surface area contributed by atoms with Crippen LogP contribution in [-0.2, 0) is 9.53 Å². The molecule has 2 aromatic rings. The second-order valence-electron chi connectivity index (χ2n) is 5.25. The number of carbonyl (C=O) groups is 2. The van der Waals surface area contributed by atoms with Gasteiger partial charge in [0.1, 0.15) is 5.92 Å². The van der Waals surface area contributed by atoms with Crippen molar-refractivity contribution in [1.29, 1.82) is 0 Å². The molecule has 0 aliphatic rings. The Hall–Kier alpha value is -2.23. The molecule has 1 aromatic carbocycles. The normalized spacial score (nSPS) is 12.4. The number of fused-ring (bicyclic) bond motifs is 1. The Bertz CT molecular complexity index is 664. The molecule has 1 heterocycles. The fourth-order valence-electron chi connectivity index (χ4n) is 2.32. The highest BCUT2D eigenvalue weighted by atomic mass is 16.5. The lowest BCUT2D eigenvalue weighted by molar-refractivity contribution is -0.147. The molecule has 4 nitrogen and oxygen atoms in total. The number of Topliss-reactive ketones (excluding diaryl/α,β-unsaturated/α-hetero) is 1. The molecule has 0 N–H and O–H groups in total.